The third kappa shape index (κ3) is 2.86. The molecule has 1 heterocycles. The third-order valence-corrected chi connectivity index (χ3v) is 5.68. The van der Waals surface area contributed by atoms with Crippen LogP contribution in [0.25, 0.3) is 0 Å². The van der Waals surface area contributed by atoms with E-state index in [4.69, 9.17) is 5.11 Å². The van der Waals surface area contributed by atoms with E-state index in [0.717, 1.165) is 12.8 Å². The number of amides is 1. The second kappa shape index (κ2) is 5.29. The number of hydrogen-bond acceptors (Lipinski definition) is 1. The Labute approximate surface area is 133 Å². The highest BCUT2D eigenvalue weighted by Crippen LogP contribution is 2.56. The molecule has 120 valence electrons. The molecule has 1 saturated heterocycles. The van der Waals surface area contributed by atoms with Gasteiger partial charge in [-0.05, 0) is 53.6 Å². The molecule has 3 rings (SSSR count). The number of rotatable bonds is 1. The van der Waals surface area contributed by atoms with Gasteiger partial charge < -0.3 is 10.0 Å². The van der Waals surface area contributed by atoms with Crippen LogP contribution in [0.4, 0.5) is 4.79 Å². The lowest BCUT2D eigenvalue weighted by molar-refractivity contribution is 0.0189. The minimum atomic E-state index is -0.761. The minimum Gasteiger partial charge on any atom is -0.465 e. The maximum absolute atomic E-state index is 11.0. The molecule has 1 aliphatic heterocycles. The van der Waals surface area contributed by atoms with E-state index in [0.29, 0.717) is 24.4 Å². The van der Waals surface area contributed by atoms with Crippen molar-refractivity contribution in [3.05, 3.63) is 35.4 Å². The van der Waals surface area contributed by atoms with Gasteiger partial charge in [0.25, 0.3) is 0 Å². The summed E-state index contributed by atoms with van der Waals surface area (Å²) < 4.78 is 0. The van der Waals surface area contributed by atoms with Gasteiger partial charge in [-0.2, -0.15) is 0 Å². The Kier molecular flexibility index (Phi) is 3.70. The number of nitrogens with zero attached hydrogens (tertiary/aromatic N) is 1. The molecular formula is C19H27NO2. The summed E-state index contributed by atoms with van der Waals surface area (Å²) in [5.41, 5.74) is 3.49. The van der Waals surface area contributed by atoms with Gasteiger partial charge in [0.05, 0.1) is 0 Å². The fourth-order valence-corrected chi connectivity index (χ4v) is 4.06. The summed E-state index contributed by atoms with van der Waals surface area (Å²) in [6.45, 7) is 8.20. The van der Waals surface area contributed by atoms with E-state index in [1.807, 2.05) is 0 Å². The third-order valence-electron chi connectivity index (χ3n) is 5.68. The molecule has 1 aromatic carbocycles. The van der Waals surface area contributed by atoms with E-state index < -0.39 is 6.09 Å². The fourth-order valence-electron chi connectivity index (χ4n) is 4.06. The molecule has 3 nitrogen and oxygen atoms in total. The summed E-state index contributed by atoms with van der Waals surface area (Å²) in [5, 5.41) is 9.06. The first-order chi connectivity index (χ1) is 10.3. The molecule has 1 aliphatic carbocycles. The SMILES string of the molecule is CC(C)(C)c1cccc(C2CC3(CCN(C(=O)O)CC3)C2)c1. The smallest absolute Gasteiger partial charge is 0.407 e. The molecule has 1 N–H and O–H groups in total. The minimum absolute atomic E-state index is 0.199. The van der Waals surface area contributed by atoms with Crippen molar-refractivity contribution in [2.24, 2.45) is 5.41 Å². The van der Waals surface area contributed by atoms with Crippen LogP contribution < -0.4 is 0 Å². The highest BCUT2D eigenvalue weighted by molar-refractivity contribution is 5.65. The van der Waals surface area contributed by atoms with Crippen LogP contribution in [0.15, 0.2) is 24.3 Å². The molecule has 0 atom stereocenters. The Hall–Kier alpha value is -1.51. The molecule has 22 heavy (non-hydrogen) atoms. The second-order valence-electron chi connectivity index (χ2n) is 8.25. The average Bonchev–Trinajstić information content (AvgIpc) is 2.44. The molecule has 0 bridgehead atoms. The van der Waals surface area contributed by atoms with Gasteiger partial charge in [-0.3, -0.25) is 0 Å². The molecule has 1 amide bonds. The first-order valence-corrected chi connectivity index (χ1v) is 8.37. The fraction of sp³-hybridized carbons (Fsp3) is 0.632. The quantitative estimate of drug-likeness (QED) is 0.822. The van der Waals surface area contributed by atoms with Crippen LogP contribution >= 0.6 is 0 Å². The lowest BCUT2D eigenvalue weighted by Gasteiger charge is -2.52. The zero-order valence-corrected chi connectivity index (χ0v) is 13.9. The number of carboxylic acid groups (broad SMARTS) is 1. The van der Waals surface area contributed by atoms with Crippen LogP contribution in [-0.2, 0) is 5.41 Å². The van der Waals surface area contributed by atoms with Crippen molar-refractivity contribution < 1.29 is 9.90 Å². The maximum Gasteiger partial charge on any atom is 0.407 e. The van der Waals surface area contributed by atoms with Crippen LogP contribution in [0.5, 0.6) is 0 Å². The molecule has 0 radical (unpaired) electrons. The highest BCUT2D eigenvalue weighted by atomic mass is 16.4. The summed E-state index contributed by atoms with van der Waals surface area (Å²) in [6.07, 6.45) is 3.77. The second-order valence-corrected chi connectivity index (χ2v) is 8.25. The number of benzene rings is 1. The van der Waals surface area contributed by atoms with Crippen molar-refractivity contribution in [1.29, 1.82) is 0 Å². The van der Waals surface area contributed by atoms with Gasteiger partial charge in [0.1, 0.15) is 0 Å². The Morgan fingerprint density at radius 3 is 2.41 bits per heavy atom. The molecule has 2 fully saturated rings. The summed E-state index contributed by atoms with van der Waals surface area (Å²) in [4.78, 5) is 12.6. The van der Waals surface area contributed by atoms with Gasteiger partial charge in [0.2, 0.25) is 0 Å². The van der Waals surface area contributed by atoms with E-state index in [2.05, 4.69) is 45.0 Å². The topological polar surface area (TPSA) is 40.5 Å². The first-order valence-electron chi connectivity index (χ1n) is 8.37. The van der Waals surface area contributed by atoms with Crippen molar-refractivity contribution in [2.75, 3.05) is 13.1 Å². The predicted molar refractivity (Wildman–Crippen MR) is 88.4 cm³/mol. The van der Waals surface area contributed by atoms with Crippen molar-refractivity contribution in [3.8, 4) is 0 Å². The lowest BCUT2D eigenvalue weighted by atomic mass is 9.56. The Balaban J connectivity index is 1.63. The number of piperidine rings is 1. The summed E-state index contributed by atoms with van der Waals surface area (Å²) in [7, 11) is 0. The van der Waals surface area contributed by atoms with Crippen molar-refractivity contribution in [2.45, 2.75) is 57.8 Å². The van der Waals surface area contributed by atoms with E-state index in [1.54, 1.807) is 4.90 Å². The zero-order chi connectivity index (χ0) is 16.0. The largest absolute Gasteiger partial charge is 0.465 e. The summed E-state index contributed by atoms with van der Waals surface area (Å²) in [6, 6.07) is 9.06. The molecule has 1 aromatic rings. The molecule has 0 unspecified atom stereocenters. The van der Waals surface area contributed by atoms with Gasteiger partial charge in [-0.15, -0.1) is 0 Å². The normalized spacial score (nSPS) is 21.7. The Bertz CT molecular complexity index is 557. The number of hydrogen-bond donors (Lipinski definition) is 1. The van der Waals surface area contributed by atoms with Gasteiger partial charge in [-0.25, -0.2) is 4.79 Å². The van der Waals surface area contributed by atoms with Crippen molar-refractivity contribution in [3.63, 3.8) is 0 Å². The molecule has 1 saturated carbocycles. The van der Waals surface area contributed by atoms with E-state index in [1.165, 1.54) is 24.0 Å². The Morgan fingerprint density at radius 2 is 1.86 bits per heavy atom. The lowest BCUT2D eigenvalue weighted by Crippen LogP contribution is -2.47. The molecule has 1 spiro atoms. The molecule has 2 aliphatic rings. The van der Waals surface area contributed by atoms with E-state index in [-0.39, 0.29) is 5.41 Å². The van der Waals surface area contributed by atoms with Crippen LogP contribution in [-0.4, -0.2) is 29.2 Å². The van der Waals surface area contributed by atoms with Crippen LogP contribution in [0.3, 0.4) is 0 Å². The van der Waals surface area contributed by atoms with Gasteiger partial charge in [-0.1, -0.05) is 45.0 Å². The molecular weight excluding hydrogens is 274 g/mol. The van der Waals surface area contributed by atoms with Crippen molar-refractivity contribution >= 4 is 6.09 Å². The van der Waals surface area contributed by atoms with Crippen LogP contribution in [0, 0.1) is 5.41 Å². The van der Waals surface area contributed by atoms with Crippen LogP contribution in [0.1, 0.15) is 63.5 Å². The average molecular weight is 301 g/mol. The highest BCUT2D eigenvalue weighted by Gasteiger charge is 2.46. The first kappa shape index (κ1) is 15.4. The van der Waals surface area contributed by atoms with Gasteiger partial charge in [0, 0.05) is 13.1 Å². The number of carbonyl (C=O) groups is 1. The molecule has 0 aromatic heterocycles. The zero-order valence-electron chi connectivity index (χ0n) is 13.9. The monoisotopic (exact) mass is 301 g/mol. The predicted octanol–water partition coefficient (Wildman–Crippen LogP) is 4.62. The summed E-state index contributed by atoms with van der Waals surface area (Å²) >= 11 is 0. The Morgan fingerprint density at radius 1 is 1.23 bits per heavy atom. The van der Waals surface area contributed by atoms with Crippen LogP contribution in [0.2, 0.25) is 0 Å². The molecule has 3 heteroatoms. The standard InChI is InChI=1S/C19H27NO2/c1-18(2,3)16-6-4-5-14(11-16)15-12-19(13-15)7-9-20(10-8-19)17(21)22/h4-6,11,15H,7-10,12-13H2,1-3H3,(H,21,22). The summed E-state index contributed by atoms with van der Waals surface area (Å²) in [5.74, 6) is 0.665. The van der Waals surface area contributed by atoms with E-state index in [9.17, 15) is 4.79 Å². The van der Waals surface area contributed by atoms with Gasteiger partial charge in [0.15, 0.2) is 0 Å². The van der Waals surface area contributed by atoms with Crippen molar-refractivity contribution in [1.82, 2.24) is 4.90 Å². The van der Waals surface area contributed by atoms with E-state index >= 15 is 0 Å². The number of likely N-dealkylation sites (tertiary alicyclic amines) is 1. The maximum atomic E-state index is 11.0. The van der Waals surface area contributed by atoms with Gasteiger partial charge >= 0.3 is 6.09 Å².